The normalized spacial score (nSPS) is 11.9. The zero-order valence-electron chi connectivity index (χ0n) is 10.0. The lowest BCUT2D eigenvalue weighted by atomic mass is 10.3. The highest BCUT2D eigenvalue weighted by molar-refractivity contribution is 8.13. The molecule has 0 fully saturated rings. The molecule has 1 aromatic rings. The van der Waals surface area contributed by atoms with E-state index in [0.29, 0.717) is 13.2 Å². The molecular weight excluding hydrogens is 264 g/mol. The Morgan fingerprint density at radius 1 is 1.53 bits per heavy atom. The molecule has 1 aromatic heterocycles. The summed E-state index contributed by atoms with van der Waals surface area (Å²) in [6.07, 6.45) is 3.94. The van der Waals surface area contributed by atoms with Crippen molar-refractivity contribution in [1.29, 1.82) is 0 Å². The fraction of sp³-hybridized carbons (Fsp3) is 0.700. The van der Waals surface area contributed by atoms with Crippen LogP contribution in [-0.2, 0) is 26.8 Å². The van der Waals surface area contributed by atoms with Crippen molar-refractivity contribution in [1.82, 2.24) is 9.55 Å². The van der Waals surface area contributed by atoms with Crippen LogP contribution in [0.4, 0.5) is 0 Å². The zero-order chi connectivity index (χ0) is 12.9. The lowest BCUT2D eigenvalue weighted by Gasteiger charge is -2.05. The second kappa shape index (κ2) is 6.37. The van der Waals surface area contributed by atoms with E-state index in [1.807, 2.05) is 11.5 Å². The molecule has 0 aliphatic carbocycles. The number of hydrogen-bond acceptors (Lipinski definition) is 4. The first-order valence-corrected chi connectivity index (χ1v) is 7.79. The van der Waals surface area contributed by atoms with Crippen LogP contribution in [0.2, 0.25) is 0 Å². The van der Waals surface area contributed by atoms with Crippen molar-refractivity contribution in [3.63, 3.8) is 0 Å². The van der Waals surface area contributed by atoms with Crippen LogP contribution in [0.5, 0.6) is 0 Å². The van der Waals surface area contributed by atoms with Crippen molar-refractivity contribution in [2.24, 2.45) is 0 Å². The van der Waals surface area contributed by atoms with Crippen molar-refractivity contribution in [2.45, 2.75) is 37.8 Å². The Kier molecular flexibility index (Phi) is 5.42. The fourth-order valence-corrected chi connectivity index (χ4v) is 2.23. The van der Waals surface area contributed by atoms with Gasteiger partial charge in [-0.25, -0.2) is 13.4 Å². The molecule has 1 heterocycles. The summed E-state index contributed by atoms with van der Waals surface area (Å²) in [6, 6.07) is 0. The molecule has 0 N–H and O–H groups in total. The topological polar surface area (TPSA) is 61.2 Å². The van der Waals surface area contributed by atoms with Crippen LogP contribution in [0, 0.1) is 0 Å². The van der Waals surface area contributed by atoms with Crippen LogP contribution < -0.4 is 0 Å². The third-order valence-electron chi connectivity index (χ3n) is 2.31. The van der Waals surface area contributed by atoms with Crippen molar-refractivity contribution in [3.8, 4) is 0 Å². The maximum absolute atomic E-state index is 11.2. The number of nitrogens with zero attached hydrogens (tertiary/aromatic N) is 2. The molecule has 0 aliphatic heterocycles. The van der Waals surface area contributed by atoms with Gasteiger partial charge in [0.15, 0.2) is 5.03 Å². The van der Waals surface area contributed by atoms with Crippen molar-refractivity contribution < 1.29 is 13.2 Å². The summed E-state index contributed by atoms with van der Waals surface area (Å²) in [5.74, 6) is 0.753. The molecular formula is C10H17ClN2O3S. The van der Waals surface area contributed by atoms with E-state index in [9.17, 15) is 8.42 Å². The third-order valence-corrected chi connectivity index (χ3v) is 3.48. The highest BCUT2D eigenvalue weighted by atomic mass is 35.7. The van der Waals surface area contributed by atoms with Gasteiger partial charge >= 0.3 is 0 Å². The highest BCUT2D eigenvalue weighted by Gasteiger charge is 2.17. The molecule has 0 radical (unpaired) electrons. The van der Waals surface area contributed by atoms with Crippen LogP contribution in [-0.4, -0.2) is 31.7 Å². The lowest BCUT2D eigenvalue weighted by Crippen LogP contribution is -2.05. The van der Waals surface area contributed by atoms with Gasteiger partial charge in [0.1, 0.15) is 5.82 Å². The average molecular weight is 281 g/mol. The molecule has 0 spiro atoms. The van der Waals surface area contributed by atoms with Gasteiger partial charge in [0.2, 0.25) is 0 Å². The van der Waals surface area contributed by atoms with Gasteiger partial charge in [-0.15, -0.1) is 0 Å². The number of methoxy groups -OCH3 is 1. The van der Waals surface area contributed by atoms with E-state index in [1.165, 1.54) is 6.20 Å². The van der Waals surface area contributed by atoms with Gasteiger partial charge in [0.05, 0.1) is 0 Å². The van der Waals surface area contributed by atoms with Crippen LogP contribution >= 0.6 is 10.7 Å². The average Bonchev–Trinajstić information content (AvgIpc) is 2.62. The molecule has 0 atom stereocenters. The number of halogens is 1. The molecule has 0 aromatic carbocycles. The van der Waals surface area contributed by atoms with Crippen LogP contribution in [0.15, 0.2) is 11.2 Å². The largest absolute Gasteiger partial charge is 0.385 e. The maximum atomic E-state index is 11.2. The van der Waals surface area contributed by atoms with Crippen LogP contribution in [0.1, 0.15) is 25.6 Å². The monoisotopic (exact) mass is 280 g/mol. The van der Waals surface area contributed by atoms with E-state index >= 15 is 0 Å². The van der Waals surface area contributed by atoms with Gasteiger partial charge in [0.25, 0.3) is 9.05 Å². The summed E-state index contributed by atoms with van der Waals surface area (Å²) >= 11 is 0. The molecule has 0 amide bonds. The van der Waals surface area contributed by atoms with E-state index in [0.717, 1.165) is 25.1 Å². The van der Waals surface area contributed by atoms with Crippen LogP contribution in [0.3, 0.4) is 0 Å². The van der Waals surface area contributed by atoms with Gasteiger partial charge in [-0.3, -0.25) is 0 Å². The van der Waals surface area contributed by atoms with E-state index in [-0.39, 0.29) is 5.03 Å². The maximum Gasteiger partial charge on any atom is 0.280 e. The molecule has 98 valence electrons. The van der Waals surface area contributed by atoms with Gasteiger partial charge in [-0.2, -0.15) is 0 Å². The summed E-state index contributed by atoms with van der Waals surface area (Å²) in [7, 11) is 3.17. The quantitative estimate of drug-likeness (QED) is 0.564. The lowest BCUT2D eigenvalue weighted by molar-refractivity contribution is 0.190. The standard InChI is InChI=1S/C10H17ClN2O3S/c1-3-5-9-12-10(17(11,14)15)8-13(9)6-4-7-16-2/h8H,3-7H2,1-2H3. The first-order valence-electron chi connectivity index (χ1n) is 5.48. The van der Waals surface area contributed by atoms with Gasteiger partial charge in [0, 0.05) is 43.6 Å². The smallest absolute Gasteiger partial charge is 0.280 e. The van der Waals surface area contributed by atoms with E-state index < -0.39 is 9.05 Å². The minimum Gasteiger partial charge on any atom is -0.385 e. The second-order valence-electron chi connectivity index (χ2n) is 3.72. The predicted molar refractivity (Wildman–Crippen MR) is 65.8 cm³/mol. The molecule has 7 heteroatoms. The molecule has 17 heavy (non-hydrogen) atoms. The number of aromatic nitrogens is 2. The number of ether oxygens (including phenoxy) is 1. The highest BCUT2D eigenvalue weighted by Crippen LogP contribution is 2.15. The Hall–Kier alpha value is -0.590. The Bertz CT molecular complexity index is 456. The first kappa shape index (κ1) is 14.5. The number of imidazole rings is 1. The molecule has 0 unspecified atom stereocenters. The summed E-state index contributed by atoms with van der Waals surface area (Å²) in [5, 5.41) is -0.0694. The molecule has 5 nitrogen and oxygen atoms in total. The van der Waals surface area contributed by atoms with Crippen molar-refractivity contribution in [2.75, 3.05) is 13.7 Å². The number of hydrogen-bond donors (Lipinski definition) is 0. The number of aryl methyl sites for hydroxylation is 2. The molecule has 0 saturated carbocycles. The minimum absolute atomic E-state index is 0.0694. The Morgan fingerprint density at radius 2 is 2.24 bits per heavy atom. The predicted octanol–water partition coefficient (Wildman–Crippen LogP) is 1.80. The number of rotatable bonds is 7. The fourth-order valence-electron chi connectivity index (χ4n) is 1.54. The zero-order valence-corrected chi connectivity index (χ0v) is 11.6. The first-order chi connectivity index (χ1) is 7.99. The molecule has 0 bridgehead atoms. The van der Waals surface area contributed by atoms with E-state index in [1.54, 1.807) is 7.11 Å². The molecule has 0 aliphatic rings. The van der Waals surface area contributed by atoms with Gasteiger partial charge in [-0.1, -0.05) is 6.92 Å². The van der Waals surface area contributed by atoms with E-state index in [4.69, 9.17) is 15.4 Å². The SMILES string of the molecule is CCCc1nc(S(=O)(=O)Cl)cn1CCCOC. The summed E-state index contributed by atoms with van der Waals surface area (Å²) in [4.78, 5) is 4.05. The Labute approximate surface area is 106 Å². The summed E-state index contributed by atoms with van der Waals surface area (Å²) in [5.41, 5.74) is 0. The summed E-state index contributed by atoms with van der Waals surface area (Å²) in [6.45, 7) is 3.33. The molecule has 1 rings (SSSR count). The van der Waals surface area contributed by atoms with E-state index in [2.05, 4.69) is 4.98 Å². The molecule has 0 saturated heterocycles. The van der Waals surface area contributed by atoms with Gasteiger partial charge < -0.3 is 9.30 Å². The third kappa shape index (κ3) is 4.29. The minimum atomic E-state index is -3.74. The Balaban J connectivity index is 2.89. The van der Waals surface area contributed by atoms with Crippen LogP contribution in [0.25, 0.3) is 0 Å². The summed E-state index contributed by atoms with van der Waals surface area (Å²) < 4.78 is 29.2. The van der Waals surface area contributed by atoms with Gasteiger partial charge in [-0.05, 0) is 12.8 Å². The van der Waals surface area contributed by atoms with Crippen molar-refractivity contribution >= 4 is 19.7 Å². The Morgan fingerprint density at radius 3 is 2.76 bits per heavy atom. The van der Waals surface area contributed by atoms with Crippen molar-refractivity contribution in [3.05, 3.63) is 12.0 Å². The second-order valence-corrected chi connectivity index (χ2v) is 6.24.